The predicted octanol–water partition coefficient (Wildman–Crippen LogP) is 1.98. The van der Waals surface area contributed by atoms with Gasteiger partial charge in [0.1, 0.15) is 0 Å². The van der Waals surface area contributed by atoms with Crippen LogP contribution >= 0.6 is 0 Å². The van der Waals surface area contributed by atoms with Crippen LogP contribution in [-0.4, -0.2) is 12.1 Å². The summed E-state index contributed by atoms with van der Waals surface area (Å²) in [6, 6.07) is 10.8. The van der Waals surface area contributed by atoms with E-state index < -0.39 is 0 Å². The quantitative estimate of drug-likeness (QED) is 0.653. The van der Waals surface area contributed by atoms with Gasteiger partial charge >= 0.3 is 0 Å². The smallest absolute Gasteiger partial charge is 0.191 e. The molecule has 0 bridgehead atoms. The lowest BCUT2D eigenvalue weighted by Crippen LogP contribution is -1.79. The SMILES string of the molecule is COc1cc2[c]cccc2[nH]1. The maximum absolute atomic E-state index is 5.02. The van der Waals surface area contributed by atoms with E-state index in [4.69, 9.17) is 4.74 Å². The van der Waals surface area contributed by atoms with E-state index in [9.17, 15) is 0 Å². The van der Waals surface area contributed by atoms with Crippen molar-refractivity contribution in [1.29, 1.82) is 0 Å². The Hall–Kier alpha value is -1.44. The highest BCUT2D eigenvalue weighted by molar-refractivity contribution is 5.80. The highest BCUT2D eigenvalue weighted by Gasteiger charge is 1.97. The summed E-state index contributed by atoms with van der Waals surface area (Å²) in [7, 11) is 1.64. The van der Waals surface area contributed by atoms with Crippen LogP contribution in [0.3, 0.4) is 0 Å². The molecule has 0 saturated heterocycles. The summed E-state index contributed by atoms with van der Waals surface area (Å²) in [5.74, 6) is 0.780. The van der Waals surface area contributed by atoms with Crippen LogP contribution in [0, 0.1) is 6.07 Å². The summed E-state index contributed by atoms with van der Waals surface area (Å²) < 4.78 is 5.02. The van der Waals surface area contributed by atoms with Crippen LogP contribution in [0.2, 0.25) is 0 Å². The number of ether oxygens (including phenoxy) is 1. The Balaban J connectivity index is 2.69. The number of methoxy groups -OCH3 is 1. The molecular formula is C9H8NO. The Morgan fingerprint density at radius 2 is 2.45 bits per heavy atom. The molecule has 0 atom stereocenters. The maximum atomic E-state index is 5.02. The largest absolute Gasteiger partial charge is 0.482 e. The topological polar surface area (TPSA) is 25.0 Å². The van der Waals surface area contributed by atoms with Crippen molar-refractivity contribution in [3.05, 3.63) is 30.3 Å². The van der Waals surface area contributed by atoms with Gasteiger partial charge in [-0.2, -0.15) is 0 Å². The van der Waals surface area contributed by atoms with Crippen molar-refractivity contribution in [3.63, 3.8) is 0 Å². The minimum Gasteiger partial charge on any atom is -0.482 e. The summed E-state index contributed by atoms with van der Waals surface area (Å²) in [6.07, 6.45) is 0. The number of hydrogen-bond donors (Lipinski definition) is 1. The summed E-state index contributed by atoms with van der Waals surface area (Å²) in [4.78, 5) is 3.09. The highest BCUT2D eigenvalue weighted by Crippen LogP contribution is 2.18. The zero-order valence-corrected chi connectivity index (χ0v) is 6.22. The first-order valence-corrected chi connectivity index (χ1v) is 3.43. The Labute approximate surface area is 64.8 Å². The van der Waals surface area contributed by atoms with Gasteiger partial charge in [-0.3, -0.25) is 0 Å². The molecular weight excluding hydrogens is 138 g/mol. The van der Waals surface area contributed by atoms with Crippen molar-refractivity contribution in [3.8, 4) is 5.88 Å². The Kier molecular flexibility index (Phi) is 1.32. The normalized spacial score (nSPS) is 10.3. The van der Waals surface area contributed by atoms with E-state index in [-0.39, 0.29) is 0 Å². The molecule has 2 aromatic rings. The zero-order valence-electron chi connectivity index (χ0n) is 6.22. The fourth-order valence-corrected chi connectivity index (χ4v) is 1.09. The van der Waals surface area contributed by atoms with Gasteiger partial charge in [0.15, 0.2) is 5.88 Å². The number of H-pyrrole nitrogens is 1. The number of aromatic nitrogens is 1. The van der Waals surface area contributed by atoms with Crippen molar-refractivity contribution in [2.75, 3.05) is 7.11 Å². The Morgan fingerprint density at radius 1 is 1.55 bits per heavy atom. The summed E-state index contributed by atoms with van der Waals surface area (Å²) in [5.41, 5.74) is 1.06. The van der Waals surface area contributed by atoms with Crippen LogP contribution in [0.5, 0.6) is 5.88 Å². The lowest BCUT2D eigenvalue weighted by Gasteiger charge is -1.89. The number of hydrogen-bond acceptors (Lipinski definition) is 1. The second-order valence-corrected chi connectivity index (χ2v) is 2.34. The van der Waals surface area contributed by atoms with Gasteiger partial charge in [-0.25, -0.2) is 0 Å². The fourth-order valence-electron chi connectivity index (χ4n) is 1.09. The first-order chi connectivity index (χ1) is 5.40. The van der Waals surface area contributed by atoms with Gasteiger partial charge in [0.2, 0.25) is 0 Å². The van der Waals surface area contributed by atoms with Crippen molar-refractivity contribution < 1.29 is 4.74 Å². The first kappa shape index (κ1) is 6.28. The van der Waals surface area contributed by atoms with Crippen LogP contribution in [0.15, 0.2) is 24.3 Å². The molecule has 2 nitrogen and oxygen atoms in total. The number of aromatic amines is 1. The second-order valence-electron chi connectivity index (χ2n) is 2.34. The molecule has 1 aromatic heterocycles. The zero-order chi connectivity index (χ0) is 7.68. The minimum atomic E-state index is 0.780. The molecule has 55 valence electrons. The predicted molar refractivity (Wildman–Crippen MR) is 43.7 cm³/mol. The third kappa shape index (κ3) is 0.963. The fraction of sp³-hybridized carbons (Fsp3) is 0.111. The van der Waals surface area contributed by atoms with E-state index in [0.717, 1.165) is 16.8 Å². The van der Waals surface area contributed by atoms with E-state index in [1.807, 2.05) is 24.3 Å². The average molecular weight is 146 g/mol. The van der Waals surface area contributed by atoms with E-state index in [2.05, 4.69) is 11.1 Å². The van der Waals surface area contributed by atoms with Crippen LogP contribution in [0.4, 0.5) is 0 Å². The van der Waals surface area contributed by atoms with Gasteiger partial charge in [-0.05, 0) is 12.1 Å². The third-order valence-corrected chi connectivity index (χ3v) is 1.64. The Morgan fingerprint density at radius 3 is 3.18 bits per heavy atom. The maximum Gasteiger partial charge on any atom is 0.191 e. The molecule has 0 saturated carbocycles. The van der Waals surface area contributed by atoms with Crippen molar-refractivity contribution in [2.24, 2.45) is 0 Å². The summed E-state index contributed by atoms with van der Waals surface area (Å²) in [6.45, 7) is 0. The van der Waals surface area contributed by atoms with E-state index in [1.165, 1.54) is 0 Å². The molecule has 0 spiro atoms. The van der Waals surface area contributed by atoms with Crippen LogP contribution < -0.4 is 4.74 Å². The van der Waals surface area contributed by atoms with Gasteiger partial charge in [-0.15, -0.1) is 0 Å². The number of benzene rings is 1. The number of fused-ring (bicyclic) bond motifs is 1. The molecule has 0 aliphatic carbocycles. The summed E-state index contributed by atoms with van der Waals surface area (Å²) in [5, 5.41) is 1.06. The molecule has 0 aliphatic heterocycles. The van der Waals surface area contributed by atoms with Gasteiger partial charge in [0, 0.05) is 17.0 Å². The van der Waals surface area contributed by atoms with Crippen molar-refractivity contribution >= 4 is 10.9 Å². The van der Waals surface area contributed by atoms with Gasteiger partial charge in [0.05, 0.1) is 7.11 Å². The molecule has 0 unspecified atom stereocenters. The average Bonchev–Trinajstić information content (AvgIpc) is 2.46. The molecule has 11 heavy (non-hydrogen) atoms. The van der Waals surface area contributed by atoms with Gasteiger partial charge < -0.3 is 9.72 Å². The first-order valence-electron chi connectivity index (χ1n) is 3.43. The van der Waals surface area contributed by atoms with Crippen LogP contribution in [-0.2, 0) is 0 Å². The van der Waals surface area contributed by atoms with Crippen LogP contribution in [0.25, 0.3) is 10.9 Å². The molecule has 2 heteroatoms. The number of rotatable bonds is 1. The van der Waals surface area contributed by atoms with E-state index >= 15 is 0 Å². The molecule has 0 amide bonds. The Bertz CT molecular complexity index is 331. The van der Waals surface area contributed by atoms with Gasteiger partial charge in [-0.1, -0.05) is 12.1 Å². The standard InChI is InChI=1S/C9H8NO/c1-11-9-6-7-4-2-3-5-8(7)10-9/h2-3,5-6,10H,1H3. The van der Waals surface area contributed by atoms with E-state index in [0.29, 0.717) is 0 Å². The molecule has 1 radical (unpaired) electrons. The van der Waals surface area contributed by atoms with Crippen molar-refractivity contribution in [1.82, 2.24) is 4.98 Å². The van der Waals surface area contributed by atoms with Gasteiger partial charge in [0.25, 0.3) is 0 Å². The molecule has 1 N–H and O–H groups in total. The second kappa shape index (κ2) is 2.31. The molecule has 1 heterocycles. The molecule has 2 rings (SSSR count). The lowest BCUT2D eigenvalue weighted by atomic mass is 10.3. The molecule has 0 fully saturated rings. The monoisotopic (exact) mass is 146 g/mol. The summed E-state index contributed by atoms with van der Waals surface area (Å²) >= 11 is 0. The van der Waals surface area contributed by atoms with E-state index in [1.54, 1.807) is 7.11 Å². The van der Waals surface area contributed by atoms with Crippen LogP contribution in [0.1, 0.15) is 0 Å². The third-order valence-electron chi connectivity index (χ3n) is 1.64. The highest BCUT2D eigenvalue weighted by atomic mass is 16.5. The molecule has 1 aromatic carbocycles. The van der Waals surface area contributed by atoms with Crippen molar-refractivity contribution in [2.45, 2.75) is 0 Å². The number of nitrogens with one attached hydrogen (secondary N) is 1. The minimum absolute atomic E-state index is 0.780. The lowest BCUT2D eigenvalue weighted by molar-refractivity contribution is 0.401. The molecule has 0 aliphatic rings.